The van der Waals surface area contributed by atoms with Crippen LogP contribution in [0.15, 0.2) is 36.6 Å². The van der Waals surface area contributed by atoms with Crippen LogP contribution >= 0.6 is 0 Å². The molecule has 0 spiro atoms. The minimum absolute atomic E-state index is 0.211. The van der Waals surface area contributed by atoms with Crippen molar-refractivity contribution in [2.24, 2.45) is 0 Å². The summed E-state index contributed by atoms with van der Waals surface area (Å²) < 4.78 is 18.0. The summed E-state index contributed by atoms with van der Waals surface area (Å²) in [6, 6.07) is 6.36. The smallest absolute Gasteiger partial charge is 0.123 e. The molecule has 1 aliphatic rings. The van der Waals surface area contributed by atoms with Crippen LogP contribution in [0.4, 0.5) is 10.1 Å². The van der Waals surface area contributed by atoms with Crippen molar-refractivity contribution < 1.29 is 9.13 Å². The summed E-state index contributed by atoms with van der Waals surface area (Å²) in [5.74, 6) is -0.211. The molecule has 1 aliphatic heterocycles. The number of halogens is 1. The van der Waals surface area contributed by atoms with Crippen LogP contribution in [0, 0.1) is 5.82 Å². The van der Waals surface area contributed by atoms with Crippen LogP contribution in [0.25, 0.3) is 0 Å². The Bertz CT molecular complexity index is 334. The number of anilines is 1. The van der Waals surface area contributed by atoms with Crippen molar-refractivity contribution in [3.05, 3.63) is 42.4 Å². The van der Waals surface area contributed by atoms with E-state index in [1.807, 2.05) is 6.08 Å². The Morgan fingerprint density at radius 1 is 1.33 bits per heavy atom. The lowest BCUT2D eigenvalue weighted by molar-refractivity contribution is 0.135. The molecule has 0 fully saturated rings. The highest BCUT2D eigenvalue weighted by Crippen LogP contribution is 2.13. The summed E-state index contributed by atoms with van der Waals surface area (Å²) in [6.45, 7) is 0.760. The third-order valence-corrected chi connectivity index (χ3v) is 2.40. The van der Waals surface area contributed by atoms with E-state index in [9.17, 15) is 4.39 Å². The lowest BCUT2D eigenvalue weighted by Gasteiger charge is -2.20. The quantitative estimate of drug-likeness (QED) is 0.822. The zero-order valence-corrected chi connectivity index (χ0v) is 8.45. The van der Waals surface area contributed by atoms with Gasteiger partial charge in [-0.25, -0.2) is 4.39 Å². The average Bonchev–Trinajstić information content (AvgIpc) is 2.30. The van der Waals surface area contributed by atoms with Crippen LogP contribution in [-0.4, -0.2) is 12.6 Å². The molecule has 1 aromatic rings. The van der Waals surface area contributed by atoms with Crippen molar-refractivity contribution in [3.63, 3.8) is 0 Å². The van der Waals surface area contributed by atoms with Gasteiger partial charge in [-0.3, -0.25) is 0 Å². The molecule has 2 rings (SSSR count). The lowest BCUT2D eigenvalue weighted by atomic mass is 10.1. The van der Waals surface area contributed by atoms with E-state index in [4.69, 9.17) is 4.74 Å². The molecule has 1 unspecified atom stereocenters. The second-order valence-corrected chi connectivity index (χ2v) is 3.60. The monoisotopic (exact) mass is 207 g/mol. The van der Waals surface area contributed by atoms with E-state index >= 15 is 0 Å². The Balaban J connectivity index is 1.82. The molecule has 0 bridgehead atoms. The number of benzene rings is 1. The van der Waals surface area contributed by atoms with E-state index in [1.165, 1.54) is 12.1 Å². The van der Waals surface area contributed by atoms with Crippen molar-refractivity contribution >= 4 is 5.69 Å². The van der Waals surface area contributed by atoms with Crippen molar-refractivity contribution in [1.29, 1.82) is 0 Å². The molecule has 1 atom stereocenters. The Labute approximate surface area is 88.8 Å². The molecule has 80 valence electrons. The summed E-state index contributed by atoms with van der Waals surface area (Å²) >= 11 is 0. The molecule has 1 heterocycles. The van der Waals surface area contributed by atoms with Crippen molar-refractivity contribution in [3.8, 4) is 0 Å². The summed E-state index contributed by atoms with van der Waals surface area (Å²) in [5.41, 5.74) is 0.926. The van der Waals surface area contributed by atoms with E-state index in [0.717, 1.165) is 25.1 Å². The molecule has 1 N–H and O–H groups in total. The first-order chi connectivity index (χ1) is 7.34. The fourth-order valence-corrected chi connectivity index (χ4v) is 1.53. The normalized spacial score (nSPS) is 19.7. The van der Waals surface area contributed by atoms with Gasteiger partial charge in [-0.2, -0.15) is 0 Å². The first-order valence-corrected chi connectivity index (χ1v) is 5.14. The van der Waals surface area contributed by atoms with Gasteiger partial charge in [0.1, 0.15) is 11.9 Å². The molecule has 0 radical (unpaired) electrons. The van der Waals surface area contributed by atoms with Gasteiger partial charge in [-0.1, -0.05) is 0 Å². The number of rotatable bonds is 3. The third-order valence-electron chi connectivity index (χ3n) is 2.40. The fourth-order valence-electron chi connectivity index (χ4n) is 1.53. The van der Waals surface area contributed by atoms with Gasteiger partial charge in [0.15, 0.2) is 0 Å². The van der Waals surface area contributed by atoms with Gasteiger partial charge < -0.3 is 10.1 Å². The maximum atomic E-state index is 12.6. The number of nitrogens with one attached hydrogen (secondary N) is 1. The topological polar surface area (TPSA) is 21.3 Å². The Morgan fingerprint density at radius 3 is 2.80 bits per heavy atom. The number of allylic oxidation sites excluding steroid dienone is 1. The SMILES string of the molecule is Fc1ccc(NCC2CCC=CO2)cc1. The molecular formula is C12H14FNO. The van der Waals surface area contributed by atoms with Gasteiger partial charge in [0.05, 0.1) is 12.8 Å². The highest BCUT2D eigenvalue weighted by atomic mass is 19.1. The van der Waals surface area contributed by atoms with E-state index in [2.05, 4.69) is 5.32 Å². The van der Waals surface area contributed by atoms with Crippen molar-refractivity contribution in [2.45, 2.75) is 18.9 Å². The van der Waals surface area contributed by atoms with E-state index in [1.54, 1.807) is 18.4 Å². The molecule has 15 heavy (non-hydrogen) atoms. The Kier molecular flexibility index (Phi) is 3.22. The van der Waals surface area contributed by atoms with Gasteiger partial charge in [0, 0.05) is 5.69 Å². The molecule has 0 saturated heterocycles. The van der Waals surface area contributed by atoms with Crippen LogP contribution in [0.3, 0.4) is 0 Å². The second kappa shape index (κ2) is 4.82. The van der Waals surface area contributed by atoms with Crippen molar-refractivity contribution in [1.82, 2.24) is 0 Å². The van der Waals surface area contributed by atoms with E-state index < -0.39 is 0 Å². The largest absolute Gasteiger partial charge is 0.497 e. The predicted molar refractivity (Wildman–Crippen MR) is 58.1 cm³/mol. The number of hydrogen-bond acceptors (Lipinski definition) is 2. The highest BCUT2D eigenvalue weighted by molar-refractivity contribution is 5.42. The zero-order chi connectivity index (χ0) is 10.5. The molecule has 0 saturated carbocycles. The summed E-state index contributed by atoms with van der Waals surface area (Å²) in [5, 5.41) is 3.22. The molecule has 2 nitrogen and oxygen atoms in total. The van der Waals surface area contributed by atoms with Crippen LogP contribution < -0.4 is 5.32 Å². The molecule has 3 heteroatoms. The van der Waals surface area contributed by atoms with Gasteiger partial charge in [-0.05, 0) is 43.2 Å². The standard InChI is InChI=1S/C12H14FNO/c13-10-4-6-11(7-5-10)14-9-12-3-1-2-8-15-12/h2,4-8,12,14H,1,3,9H2. The predicted octanol–water partition coefficient (Wildman–Crippen LogP) is 2.93. The molecule has 0 amide bonds. The van der Waals surface area contributed by atoms with Gasteiger partial charge >= 0.3 is 0 Å². The van der Waals surface area contributed by atoms with E-state index in [0.29, 0.717) is 0 Å². The molecule has 0 aromatic heterocycles. The molecule has 0 aliphatic carbocycles. The zero-order valence-electron chi connectivity index (χ0n) is 8.45. The molecular weight excluding hydrogens is 193 g/mol. The lowest BCUT2D eigenvalue weighted by Crippen LogP contribution is -2.22. The van der Waals surface area contributed by atoms with Crippen molar-refractivity contribution in [2.75, 3.05) is 11.9 Å². The summed E-state index contributed by atoms with van der Waals surface area (Å²) in [7, 11) is 0. The maximum absolute atomic E-state index is 12.6. The molecule has 1 aromatic carbocycles. The fraction of sp³-hybridized carbons (Fsp3) is 0.333. The Hall–Kier alpha value is -1.51. The van der Waals surface area contributed by atoms with Crippen LogP contribution in [0.2, 0.25) is 0 Å². The third kappa shape index (κ3) is 2.98. The minimum atomic E-state index is -0.211. The number of hydrogen-bond donors (Lipinski definition) is 1. The van der Waals surface area contributed by atoms with Gasteiger partial charge in [0.25, 0.3) is 0 Å². The van der Waals surface area contributed by atoms with Crippen LogP contribution in [0.5, 0.6) is 0 Å². The number of ether oxygens (including phenoxy) is 1. The van der Waals surface area contributed by atoms with Crippen LogP contribution in [-0.2, 0) is 4.74 Å². The minimum Gasteiger partial charge on any atom is -0.497 e. The van der Waals surface area contributed by atoms with E-state index in [-0.39, 0.29) is 11.9 Å². The average molecular weight is 207 g/mol. The maximum Gasteiger partial charge on any atom is 0.123 e. The highest BCUT2D eigenvalue weighted by Gasteiger charge is 2.09. The summed E-state index contributed by atoms with van der Waals surface area (Å²) in [4.78, 5) is 0. The second-order valence-electron chi connectivity index (χ2n) is 3.60. The summed E-state index contributed by atoms with van der Waals surface area (Å²) in [6.07, 6.45) is 6.09. The van der Waals surface area contributed by atoms with Gasteiger partial charge in [0.2, 0.25) is 0 Å². The first-order valence-electron chi connectivity index (χ1n) is 5.14. The first kappa shape index (κ1) is 10.0. The van der Waals surface area contributed by atoms with Gasteiger partial charge in [-0.15, -0.1) is 0 Å². The Morgan fingerprint density at radius 2 is 2.13 bits per heavy atom. The van der Waals surface area contributed by atoms with Crippen LogP contribution in [0.1, 0.15) is 12.8 Å².